The topological polar surface area (TPSA) is 55.1 Å². The van der Waals surface area contributed by atoms with Crippen molar-refractivity contribution in [3.05, 3.63) is 17.7 Å². The molecule has 7 heteroatoms. The Morgan fingerprint density at radius 1 is 1.56 bits per heavy atom. The molecule has 1 atom stereocenters. The number of aromatic carboxylic acids is 1. The van der Waals surface area contributed by atoms with E-state index >= 15 is 0 Å². The molecule has 2 rings (SSSR count). The highest BCUT2D eigenvalue weighted by Gasteiger charge is 2.41. The summed E-state index contributed by atoms with van der Waals surface area (Å²) in [6, 6.07) is 0. The lowest BCUT2D eigenvalue weighted by molar-refractivity contribution is -0.182. The van der Waals surface area contributed by atoms with Crippen LogP contribution < -0.4 is 0 Å². The molecule has 0 radical (unpaired) electrons. The zero-order valence-corrected chi connectivity index (χ0v) is 8.16. The van der Waals surface area contributed by atoms with Gasteiger partial charge < -0.3 is 9.67 Å². The number of fused-ring (bicyclic) bond motifs is 1. The highest BCUT2D eigenvalue weighted by Crippen LogP contribution is 2.34. The maximum absolute atomic E-state index is 12.5. The van der Waals surface area contributed by atoms with Gasteiger partial charge >= 0.3 is 12.1 Å². The monoisotopic (exact) mass is 234 g/mol. The summed E-state index contributed by atoms with van der Waals surface area (Å²) in [5.41, 5.74) is -0.196. The number of carboxylic acid groups (broad SMARTS) is 1. The lowest BCUT2D eigenvalue weighted by atomic mass is 9.99. The van der Waals surface area contributed by atoms with Crippen LogP contribution in [0.25, 0.3) is 0 Å². The quantitative estimate of drug-likeness (QED) is 0.804. The van der Waals surface area contributed by atoms with Gasteiger partial charge in [-0.1, -0.05) is 0 Å². The molecule has 0 saturated carbocycles. The smallest absolute Gasteiger partial charge is 0.393 e. The van der Waals surface area contributed by atoms with E-state index in [0.717, 1.165) is 6.20 Å². The number of rotatable bonds is 1. The van der Waals surface area contributed by atoms with E-state index in [9.17, 15) is 18.0 Å². The van der Waals surface area contributed by atoms with Gasteiger partial charge in [0.25, 0.3) is 0 Å². The summed E-state index contributed by atoms with van der Waals surface area (Å²) in [6.07, 6.45) is -2.93. The fraction of sp³-hybridized carbons (Fsp3) is 0.556. The lowest BCUT2D eigenvalue weighted by Gasteiger charge is -2.25. The second-order valence-electron chi connectivity index (χ2n) is 3.78. The lowest BCUT2D eigenvalue weighted by Crippen LogP contribution is -2.31. The zero-order chi connectivity index (χ0) is 11.9. The number of hydrogen-bond acceptors (Lipinski definition) is 2. The second-order valence-corrected chi connectivity index (χ2v) is 3.78. The fourth-order valence-electron chi connectivity index (χ4n) is 1.81. The van der Waals surface area contributed by atoms with Gasteiger partial charge in [-0.05, 0) is 6.42 Å². The molecule has 1 aliphatic heterocycles. The molecule has 4 nitrogen and oxygen atoms in total. The number of alkyl halides is 3. The molecule has 88 valence electrons. The number of carbonyl (C=O) groups is 1. The molecule has 1 aliphatic rings. The molecule has 0 spiro atoms. The van der Waals surface area contributed by atoms with Crippen molar-refractivity contribution in [3.8, 4) is 0 Å². The van der Waals surface area contributed by atoms with Crippen molar-refractivity contribution in [2.45, 2.75) is 25.6 Å². The molecule has 1 N–H and O–H groups in total. The first-order chi connectivity index (χ1) is 7.38. The minimum absolute atomic E-state index is 0.0282. The first kappa shape index (κ1) is 11.0. The Hall–Kier alpha value is -1.53. The van der Waals surface area contributed by atoms with Crippen LogP contribution in [0.4, 0.5) is 13.2 Å². The van der Waals surface area contributed by atoms with Crippen LogP contribution in [0.15, 0.2) is 6.20 Å². The van der Waals surface area contributed by atoms with Gasteiger partial charge in [0.2, 0.25) is 0 Å². The van der Waals surface area contributed by atoms with E-state index in [4.69, 9.17) is 5.11 Å². The third-order valence-electron chi connectivity index (χ3n) is 2.67. The van der Waals surface area contributed by atoms with E-state index in [0.29, 0.717) is 5.82 Å². The summed E-state index contributed by atoms with van der Waals surface area (Å²) in [7, 11) is 0. The van der Waals surface area contributed by atoms with Crippen molar-refractivity contribution in [1.29, 1.82) is 0 Å². The van der Waals surface area contributed by atoms with Gasteiger partial charge in [-0.2, -0.15) is 13.2 Å². The average Bonchev–Trinajstić information content (AvgIpc) is 2.58. The van der Waals surface area contributed by atoms with Crippen molar-refractivity contribution in [2.24, 2.45) is 5.92 Å². The highest BCUT2D eigenvalue weighted by molar-refractivity contribution is 5.85. The van der Waals surface area contributed by atoms with Gasteiger partial charge in [0.15, 0.2) is 5.69 Å². The number of imidazole rings is 1. The van der Waals surface area contributed by atoms with E-state index < -0.39 is 18.1 Å². The number of hydrogen-bond donors (Lipinski definition) is 1. The predicted molar refractivity (Wildman–Crippen MR) is 47.1 cm³/mol. The van der Waals surface area contributed by atoms with Gasteiger partial charge in [0.05, 0.1) is 5.92 Å². The minimum atomic E-state index is -4.23. The van der Waals surface area contributed by atoms with Crippen molar-refractivity contribution in [3.63, 3.8) is 0 Å². The fourth-order valence-corrected chi connectivity index (χ4v) is 1.81. The second kappa shape index (κ2) is 3.50. The summed E-state index contributed by atoms with van der Waals surface area (Å²) >= 11 is 0. The predicted octanol–water partition coefficient (Wildman–Crippen LogP) is 1.71. The normalized spacial score (nSPS) is 20.6. The Morgan fingerprint density at radius 2 is 2.25 bits per heavy atom. The Labute approximate surface area is 88.7 Å². The van der Waals surface area contributed by atoms with Gasteiger partial charge in [-0.25, -0.2) is 9.78 Å². The zero-order valence-electron chi connectivity index (χ0n) is 8.16. The third-order valence-corrected chi connectivity index (χ3v) is 2.67. The van der Waals surface area contributed by atoms with E-state index in [1.807, 2.05) is 0 Å². The Balaban J connectivity index is 2.24. The molecular weight excluding hydrogens is 225 g/mol. The van der Waals surface area contributed by atoms with Crippen molar-refractivity contribution >= 4 is 5.97 Å². The number of carboxylic acids is 1. The number of halogens is 3. The van der Waals surface area contributed by atoms with Crippen LogP contribution in [0.2, 0.25) is 0 Å². The van der Waals surface area contributed by atoms with Gasteiger partial charge in [0.1, 0.15) is 5.82 Å². The van der Waals surface area contributed by atoms with Gasteiger partial charge in [-0.15, -0.1) is 0 Å². The molecule has 0 bridgehead atoms. The molecule has 0 amide bonds. The van der Waals surface area contributed by atoms with E-state index in [2.05, 4.69) is 4.98 Å². The highest BCUT2D eigenvalue weighted by atomic mass is 19.4. The molecule has 1 aromatic rings. The Morgan fingerprint density at radius 3 is 2.81 bits per heavy atom. The maximum atomic E-state index is 12.5. The van der Waals surface area contributed by atoms with E-state index in [1.54, 1.807) is 0 Å². The maximum Gasteiger partial charge on any atom is 0.393 e. The first-order valence-electron chi connectivity index (χ1n) is 4.74. The van der Waals surface area contributed by atoms with Crippen molar-refractivity contribution in [2.75, 3.05) is 0 Å². The van der Waals surface area contributed by atoms with E-state index in [1.165, 1.54) is 4.57 Å². The third kappa shape index (κ3) is 1.89. The minimum Gasteiger partial charge on any atom is -0.476 e. The molecule has 16 heavy (non-hydrogen) atoms. The summed E-state index contributed by atoms with van der Waals surface area (Å²) in [5.74, 6) is -2.21. The SMILES string of the molecule is O=C(O)c1cn2c(n1)CC[C@@H](C(F)(F)F)C2. The standard InChI is InChI=1S/C9H9F3N2O2/c10-9(11,12)5-1-2-7-13-6(8(15)16)4-14(7)3-5/h4-5H,1-3H2,(H,15,16)/t5-/m1/s1. The molecule has 0 unspecified atom stereocenters. The van der Waals surface area contributed by atoms with Crippen molar-refractivity contribution < 1.29 is 23.1 Å². The van der Waals surface area contributed by atoms with Crippen LogP contribution in [0.3, 0.4) is 0 Å². The van der Waals surface area contributed by atoms with Crippen LogP contribution in [-0.4, -0.2) is 26.8 Å². The van der Waals surface area contributed by atoms with Crippen molar-refractivity contribution in [1.82, 2.24) is 9.55 Å². The van der Waals surface area contributed by atoms with Crippen LogP contribution in [-0.2, 0) is 13.0 Å². The number of aromatic nitrogens is 2. The summed E-state index contributed by atoms with van der Waals surface area (Å²) in [4.78, 5) is 14.4. The molecule has 1 aromatic heterocycles. The number of aryl methyl sites for hydroxylation is 1. The molecule has 0 fully saturated rings. The molecular formula is C9H9F3N2O2. The Bertz CT molecular complexity index is 425. The molecule has 0 aromatic carbocycles. The van der Waals surface area contributed by atoms with Crippen LogP contribution in [0.5, 0.6) is 0 Å². The average molecular weight is 234 g/mol. The summed E-state index contributed by atoms with van der Waals surface area (Å²) in [5, 5.41) is 8.66. The van der Waals surface area contributed by atoms with Crippen LogP contribution in [0.1, 0.15) is 22.7 Å². The summed E-state index contributed by atoms with van der Waals surface area (Å²) in [6.45, 7) is -0.237. The van der Waals surface area contributed by atoms with Gasteiger partial charge in [-0.3, -0.25) is 0 Å². The first-order valence-corrected chi connectivity index (χ1v) is 4.74. The van der Waals surface area contributed by atoms with Crippen LogP contribution >= 0.6 is 0 Å². The molecule has 0 saturated heterocycles. The number of nitrogens with zero attached hydrogens (tertiary/aromatic N) is 2. The largest absolute Gasteiger partial charge is 0.476 e. The molecule has 2 heterocycles. The molecule has 0 aliphatic carbocycles. The van der Waals surface area contributed by atoms with Crippen LogP contribution in [0, 0.1) is 5.92 Å². The van der Waals surface area contributed by atoms with Gasteiger partial charge in [0, 0.05) is 19.2 Å². The summed E-state index contributed by atoms with van der Waals surface area (Å²) < 4.78 is 38.6. The van der Waals surface area contributed by atoms with E-state index in [-0.39, 0.29) is 25.1 Å². The Kier molecular flexibility index (Phi) is 2.40.